The van der Waals surface area contributed by atoms with Gasteiger partial charge < -0.3 is 0 Å². The molecule has 0 saturated carbocycles. The molecule has 0 N–H and O–H groups in total. The van der Waals surface area contributed by atoms with E-state index in [1.165, 1.54) is 41.2 Å². The van der Waals surface area contributed by atoms with Crippen LogP contribution >= 0.6 is 11.6 Å². The van der Waals surface area contributed by atoms with Gasteiger partial charge in [-0.3, -0.25) is 4.79 Å². The first kappa shape index (κ1) is 21.7. The van der Waals surface area contributed by atoms with Gasteiger partial charge in [0.25, 0.3) is 5.24 Å². The van der Waals surface area contributed by atoms with Crippen molar-refractivity contribution in [1.82, 2.24) is 0 Å². The van der Waals surface area contributed by atoms with Gasteiger partial charge in [0.2, 0.25) is 0 Å². The van der Waals surface area contributed by atoms with Crippen LogP contribution in [0.1, 0.15) is 54.6 Å². The second-order valence-electron chi connectivity index (χ2n) is 9.56. The minimum Gasteiger partial charge on any atom is -0.276 e. The zero-order valence-electron chi connectivity index (χ0n) is 19.1. The molecule has 0 saturated heterocycles. The number of rotatable bonds is 1. The molecule has 2 aliphatic carbocycles. The van der Waals surface area contributed by atoms with Crippen molar-refractivity contribution in [2.24, 2.45) is 0 Å². The number of hydrogen-bond donors (Lipinski definition) is 0. The van der Waals surface area contributed by atoms with E-state index >= 15 is 0 Å². The standard InChI is InChI=1S/C20H20.C11H7ClO/c1-20(2)13-15-8-4-5-9-16(15)18-12-11-14-7-3-6-10-17(14)19(18)20;12-11(13)10-6-5-8-3-1-2-4-9(8)7-10/h3,5-7,9-12H,4,8,13H2,1-2H3;1-7H. The number of fused-ring (bicyclic) bond motifs is 5. The quantitative estimate of drug-likeness (QED) is 0.264. The lowest BCUT2D eigenvalue weighted by molar-refractivity contribution is 0.108. The first-order valence-corrected chi connectivity index (χ1v) is 11.9. The molecule has 0 atom stereocenters. The topological polar surface area (TPSA) is 17.1 Å². The Morgan fingerprint density at radius 3 is 2.33 bits per heavy atom. The highest BCUT2D eigenvalue weighted by molar-refractivity contribution is 6.67. The third-order valence-corrected chi connectivity index (χ3v) is 7.02. The lowest BCUT2D eigenvalue weighted by Crippen LogP contribution is -2.25. The number of benzene rings is 4. The van der Waals surface area contributed by atoms with E-state index in [0.717, 1.165) is 10.8 Å². The summed E-state index contributed by atoms with van der Waals surface area (Å²) in [7, 11) is 0. The third kappa shape index (κ3) is 4.14. The Hall–Kier alpha value is -3.16. The largest absolute Gasteiger partial charge is 0.276 e. The van der Waals surface area contributed by atoms with Crippen molar-refractivity contribution in [3.8, 4) is 0 Å². The Morgan fingerprint density at radius 2 is 1.55 bits per heavy atom. The summed E-state index contributed by atoms with van der Waals surface area (Å²) in [6.45, 7) is 4.81. The molecule has 4 aromatic carbocycles. The van der Waals surface area contributed by atoms with E-state index in [-0.39, 0.29) is 5.41 Å². The molecule has 4 aromatic rings. The van der Waals surface area contributed by atoms with Crippen molar-refractivity contribution >= 4 is 44.0 Å². The zero-order chi connectivity index (χ0) is 23.0. The van der Waals surface area contributed by atoms with Crippen molar-refractivity contribution in [3.63, 3.8) is 0 Å². The number of carbonyl (C=O) groups is 1. The fraction of sp³-hybridized carbons (Fsp3) is 0.194. The molecule has 6 rings (SSSR count). The van der Waals surface area contributed by atoms with Crippen molar-refractivity contribution < 1.29 is 4.79 Å². The van der Waals surface area contributed by atoms with E-state index in [1.54, 1.807) is 23.3 Å². The van der Waals surface area contributed by atoms with Gasteiger partial charge in [0.05, 0.1) is 0 Å². The van der Waals surface area contributed by atoms with Gasteiger partial charge in [-0.1, -0.05) is 98.3 Å². The van der Waals surface area contributed by atoms with Crippen LogP contribution < -0.4 is 0 Å². The summed E-state index contributed by atoms with van der Waals surface area (Å²) < 4.78 is 0. The normalized spacial score (nSPS) is 16.1. The molecule has 0 fully saturated rings. The van der Waals surface area contributed by atoms with E-state index < -0.39 is 5.24 Å². The van der Waals surface area contributed by atoms with Gasteiger partial charge in [0, 0.05) is 5.56 Å². The van der Waals surface area contributed by atoms with E-state index in [4.69, 9.17) is 11.6 Å². The van der Waals surface area contributed by atoms with Gasteiger partial charge in [-0.05, 0) is 86.7 Å². The van der Waals surface area contributed by atoms with Gasteiger partial charge in [-0.2, -0.15) is 0 Å². The van der Waals surface area contributed by atoms with Crippen LogP contribution in [0, 0.1) is 0 Å². The van der Waals surface area contributed by atoms with Crippen molar-refractivity contribution in [2.75, 3.05) is 0 Å². The Bertz CT molecular complexity index is 1440. The summed E-state index contributed by atoms with van der Waals surface area (Å²) in [5.74, 6) is 0. The molecule has 0 amide bonds. The van der Waals surface area contributed by atoms with E-state index in [2.05, 4.69) is 62.4 Å². The second kappa shape index (κ2) is 8.65. The smallest absolute Gasteiger partial charge is 0.252 e. The van der Waals surface area contributed by atoms with Gasteiger partial charge in [0.15, 0.2) is 0 Å². The van der Waals surface area contributed by atoms with E-state index in [9.17, 15) is 4.79 Å². The minimum absolute atomic E-state index is 0.236. The summed E-state index contributed by atoms with van der Waals surface area (Å²) in [5, 5.41) is 4.53. The molecule has 0 aromatic heterocycles. The van der Waals surface area contributed by atoms with Crippen LogP contribution in [0.25, 0.3) is 27.1 Å². The van der Waals surface area contributed by atoms with Crippen LogP contribution in [0.4, 0.5) is 0 Å². The number of halogens is 1. The monoisotopic (exact) mass is 450 g/mol. The summed E-state index contributed by atoms with van der Waals surface area (Å²) in [5.41, 5.74) is 6.93. The average Bonchev–Trinajstić information content (AvgIpc) is 2.83. The molecule has 0 heterocycles. The van der Waals surface area contributed by atoms with E-state index in [1.807, 2.05) is 30.3 Å². The molecular weight excluding hydrogens is 424 g/mol. The molecule has 0 radical (unpaired) electrons. The van der Waals surface area contributed by atoms with Gasteiger partial charge in [0.1, 0.15) is 0 Å². The lowest BCUT2D eigenvalue weighted by Gasteiger charge is -2.37. The van der Waals surface area contributed by atoms with Crippen LogP contribution in [0.2, 0.25) is 0 Å². The summed E-state index contributed by atoms with van der Waals surface area (Å²) in [6.07, 6.45) is 8.32. The summed E-state index contributed by atoms with van der Waals surface area (Å²) in [6, 6.07) is 26.7. The van der Waals surface area contributed by atoms with Crippen LogP contribution in [0.15, 0.2) is 96.6 Å². The van der Waals surface area contributed by atoms with Crippen molar-refractivity contribution in [2.45, 2.75) is 38.5 Å². The molecule has 1 nitrogen and oxygen atoms in total. The predicted molar refractivity (Wildman–Crippen MR) is 141 cm³/mol. The fourth-order valence-corrected chi connectivity index (χ4v) is 5.45. The molecular formula is C31H27ClO. The maximum Gasteiger partial charge on any atom is 0.252 e. The van der Waals surface area contributed by atoms with Crippen LogP contribution in [0.5, 0.6) is 0 Å². The van der Waals surface area contributed by atoms with Crippen LogP contribution in [-0.4, -0.2) is 5.24 Å². The highest BCUT2D eigenvalue weighted by atomic mass is 35.5. The fourth-order valence-electron chi connectivity index (χ4n) is 5.33. The first-order valence-electron chi connectivity index (χ1n) is 11.5. The van der Waals surface area contributed by atoms with Gasteiger partial charge in [-0.15, -0.1) is 0 Å². The molecule has 0 aliphatic heterocycles. The molecule has 164 valence electrons. The maximum absolute atomic E-state index is 10.9. The Kier molecular flexibility index (Phi) is 5.68. The molecule has 2 heteroatoms. The Labute approximate surface area is 200 Å². The van der Waals surface area contributed by atoms with Crippen molar-refractivity contribution in [1.29, 1.82) is 0 Å². The highest BCUT2D eigenvalue weighted by Gasteiger charge is 2.33. The number of hydrogen-bond acceptors (Lipinski definition) is 1. The molecule has 33 heavy (non-hydrogen) atoms. The number of allylic oxidation sites excluding steroid dienone is 4. The Morgan fingerprint density at radius 1 is 0.848 bits per heavy atom. The molecule has 2 aliphatic rings. The summed E-state index contributed by atoms with van der Waals surface area (Å²) in [4.78, 5) is 10.9. The minimum atomic E-state index is -0.411. The molecule has 0 unspecified atom stereocenters. The van der Waals surface area contributed by atoms with Gasteiger partial charge in [-0.25, -0.2) is 0 Å². The van der Waals surface area contributed by atoms with E-state index in [0.29, 0.717) is 5.56 Å². The van der Waals surface area contributed by atoms with Gasteiger partial charge >= 0.3 is 0 Å². The third-order valence-electron chi connectivity index (χ3n) is 6.81. The lowest BCUT2D eigenvalue weighted by atomic mass is 9.67. The predicted octanol–water partition coefficient (Wildman–Crippen LogP) is 8.84. The number of carbonyl (C=O) groups excluding carboxylic acids is 1. The van der Waals surface area contributed by atoms with Crippen molar-refractivity contribution in [3.05, 3.63) is 113 Å². The zero-order valence-corrected chi connectivity index (χ0v) is 19.8. The highest BCUT2D eigenvalue weighted by Crippen LogP contribution is 2.48. The molecule has 0 bridgehead atoms. The SMILES string of the molecule is CC1(C)CC2=C(C=CCC2)c2ccc3ccccc3c21.O=C(Cl)c1ccc2ccccc2c1. The Balaban J connectivity index is 0.000000152. The molecule has 0 spiro atoms. The summed E-state index contributed by atoms with van der Waals surface area (Å²) >= 11 is 5.36. The average molecular weight is 451 g/mol. The van der Waals surface area contributed by atoms with Crippen LogP contribution in [-0.2, 0) is 5.41 Å². The second-order valence-corrected chi connectivity index (χ2v) is 9.91. The van der Waals surface area contributed by atoms with Crippen LogP contribution in [0.3, 0.4) is 0 Å². The first-order chi connectivity index (χ1) is 15.9. The maximum atomic E-state index is 10.9.